The molecule has 0 bridgehead atoms. The predicted octanol–water partition coefficient (Wildman–Crippen LogP) is 4.28. The van der Waals surface area contributed by atoms with Crippen LogP contribution in [0.1, 0.15) is 43.9 Å². The van der Waals surface area contributed by atoms with E-state index in [1.165, 1.54) is 5.56 Å². The molecule has 0 saturated heterocycles. The summed E-state index contributed by atoms with van der Waals surface area (Å²) in [4.78, 5) is 0. The summed E-state index contributed by atoms with van der Waals surface area (Å²) in [5.41, 5.74) is 1.92. The Morgan fingerprint density at radius 2 is 1.76 bits per heavy atom. The molecule has 1 aromatic carbocycles. The molecule has 0 fully saturated rings. The van der Waals surface area contributed by atoms with E-state index in [2.05, 4.69) is 13.8 Å². The third kappa shape index (κ3) is 8.07. The maximum atomic E-state index is 11.9. The Kier molecular flexibility index (Phi) is 7.18. The molecule has 1 N–H and O–H groups in total. The van der Waals surface area contributed by atoms with E-state index in [1.54, 1.807) is 0 Å². The van der Waals surface area contributed by atoms with Gasteiger partial charge < -0.3 is 9.84 Å². The van der Waals surface area contributed by atoms with Crippen molar-refractivity contribution < 1.29 is 23.0 Å². The lowest BCUT2D eigenvalue weighted by Crippen LogP contribution is -2.11. The molecule has 0 heterocycles. The zero-order valence-corrected chi connectivity index (χ0v) is 12.5. The smallest absolute Gasteiger partial charge is 0.386 e. The zero-order chi connectivity index (χ0) is 15.9. The second-order valence-electron chi connectivity index (χ2n) is 5.65. The van der Waals surface area contributed by atoms with Gasteiger partial charge in [0.1, 0.15) is 6.10 Å². The number of hydrogen-bond donors (Lipinski definition) is 1. The van der Waals surface area contributed by atoms with Crippen LogP contribution in [0.3, 0.4) is 0 Å². The quantitative estimate of drug-likeness (QED) is 0.726. The molecule has 0 aliphatic heterocycles. The van der Waals surface area contributed by atoms with Gasteiger partial charge in [0.05, 0.1) is 6.61 Å². The lowest BCUT2D eigenvalue weighted by Gasteiger charge is -2.13. The van der Waals surface area contributed by atoms with E-state index < -0.39 is 18.7 Å². The molecule has 1 atom stereocenters. The molecule has 5 heteroatoms. The average molecular weight is 304 g/mol. The molecule has 0 aromatic heterocycles. The number of hydrogen-bond acceptors (Lipinski definition) is 2. The lowest BCUT2D eigenvalue weighted by atomic mass is 10.0. The Morgan fingerprint density at radius 1 is 1.14 bits per heavy atom. The fourth-order valence-corrected chi connectivity index (χ4v) is 2.01. The molecular formula is C16H23F3O2. The molecule has 120 valence electrons. The Hall–Kier alpha value is -1.07. The maximum absolute atomic E-state index is 11.9. The van der Waals surface area contributed by atoms with Crippen molar-refractivity contribution in [3.8, 4) is 0 Å². The molecule has 1 unspecified atom stereocenters. The van der Waals surface area contributed by atoms with Crippen molar-refractivity contribution in [3.63, 3.8) is 0 Å². The van der Waals surface area contributed by atoms with Gasteiger partial charge >= 0.3 is 6.18 Å². The fourth-order valence-electron chi connectivity index (χ4n) is 2.01. The minimum Gasteiger partial charge on any atom is -0.386 e. The second kappa shape index (κ2) is 8.39. The van der Waals surface area contributed by atoms with Crippen LogP contribution in [0.4, 0.5) is 13.2 Å². The fraction of sp³-hybridized carbons (Fsp3) is 0.625. The SMILES string of the molecule is CC(C)Cc1ccc(C(O)COCCCC(F)(F)F)cc1. The first-order valence-electron chi connectivity index (χ1n) is 7.19. The van der Waals surface area contributed by atoms with E-state index in [-0.39, 0.29) is 19.6 Å². The molecule has 0 saturated carbocycles. The first-order valence-corrected chi connectivity index (χ1v) is 7.19. The molecule has 1 aromatic rings. The first-order chi connectivity index (χ1) is 9.78. The van der Waals surface area contributed by atoms with Crippen LogP contribution in [0.5, 0.6) is 0 Å². The minimum atomic E-state index is -4.14. The van der Waals surface area contributed by atoms with E-state index in [0.29, 0.717) is 5.92 Å². The monoisotopic (exact) mass is 304 g/mol. The van der Waals surface area contributed by atoms with Crippen LogP contribution in [0.15, 0.2) is 24.3 Å². The van der Waals surface area contributed by atoms with E-state index in [0.717, 1.165) is 12.0 Å². The van der Waals surface area contributed by atoms with Crippen molar-refractivity contribution in [3.05, 3.63) is 35.4 Å². The molecule has 1 rings (SSSR count). The summed E-state index contributed by atoms with van der Waals surface area (Å²) in [5.74, 6) is 0.567. The zero-order valence-electron chi connectivity index (χ0n) is 12.5. The summed E-state index contributed by atoms with van der Waals surface area (Å²) in [6.45, 7) is 4.29. The Labute approximate surface area is 123 Å². The van der Waals surface area contributed by atoms with Crippen molar-refractivity contribution in [1.29, 1.82) is 0 Å². The van der Waals surface area contributed by atoms with Crippen molar-refractivity contribution in [2.75, 3.05) is 13.2 Å². The number of halogens is 3. The molecule has 0 aliphatic carbocycles. The van der Waals surface area contributed by atoms with Crippen LogP contribution in [0, 0.1) is 5.92 Å². The van der Waals surface area contributed by atoms with Crippen molar-refractivity contribution in [2.24, 2.45) is 5.92 Å². The Balaban J connectivity index is 2.30. The summed E-state index contributed by atoms with van der Waals surface area (Å²) in [5, 5.41) is 9.91. The highest BCUT2D eigenvalue weighted by atomic mass is 19.4. The van der Waals surface area contributed by atoms with Gasteiger partial charge in [-0.2, -0.15) is 13.2 Å². The second-order valence-corrected chi connectivity index (χ2v) is 5.65. The number of benzene rings is 1. The van der Waals surface area contributed by atoms with Gasteiger partial charge in [-0.15, -0.1) is 0 Å². The standard InChI is InChI=1S/C16H23F3O2/c1-12(2)10-13-4-6-14(7-5-13)15(20)11-21-9-3-8-16(17,18)19/h4-7,12,15,20H,3,8-11H2,1-2H3. The summed E-state index contributed by atoms with van der Waals surface area (Å²) < 4.78 is 40.9. The van der Waals surface area contributed by atoms with Gasteiger partial charge in [0.25, 0.3) is 0 Å². The number of aliphatic hydroxyl groups is 1. The van der Waals surface area contributed by atoms with Crippen LogP contribution in [-0.4, -0.2) is 24.5 Å². The molecule has 0 spiro atoms. The Bertz CT molecular complexity index is 399. The van der Waals surface area contributed by atoms with Crippen LogP contribution in [0.25, 0.3) is 0 Å². The largest absolute Gasteiger partial charge is 0.389 e. The number of rotatable bonds is 8. The van der Waals surface area contributed by atoms with Gasteiger partial charge in [0.2, 0.25) is 0 Å². The van der Waals surface area contributed by atoms with Crippen LogP contribution >= 0.6 is 0 Å². The van der Waals surface area contributed by atoms with E-state index in [9.17, 15) is 18.3 Å². The topological polar surface area (TPSA) is 29.5 Å². The average Bonchev–Trinajstić information content (AvgIpc) is 2.37. The summed E-state index contributed by atoms with van der Waals surface area (Å²) >= 11 is 0. The molecule has 21 heavy (non-hydrogen) atoms. The molecule has 2 nitrogen and oxygen atoms in total. The van der Waals surface area contributed by atoms with E-state index >= 15 is 0 Å². The highest BCUT2D eigenvalue weighted by Crippen LogP contribution is 2.21. The normalized spacial score (nSPS) is 13.7. The van der Waals surface area contributed by atoms with Crippen LogP contribution < -0.4 is 0 Å². The van der Waals surface area contributed by atoms with Gasteiger partial charge in [0.15, 0.2) is 0 Å². The maximum Gasteiger partial charge on any atom is 0.389 e. The minimum absolute atomic E-state index is 0.00199. The highest BCUT2D eigenvalue weighted by molar-refractivity contribution is 5.24. The van der Waals surface area contributed by atoms with Crippen molar-refractivity contribution in [1.82, 2.24) is 0 Å². The van der Waals surface area contributed by atoms with Crippen LogP contribution in [0.2, 0.25) is 0 Å². The summed E-state index contributed by atoms with van der Waals surface area (Å²) in [6.07, 6.45) is -4.90. The molecular weight excluding hydrogens is 281 g/mol. The number of alkyl halides is 3. The third-order valence-electron chi connectivity index (χ3n) is 3.03. The van der Waals surface area contributed by atoms with Gasteiger partial charge in [0, 0.05) is 13.0 Å². The lowest BCUT2D eigenvalue weighted by molar-refractivity contribution is -0.138. The van der Waals surface area contributed by atoms with Crippen molar-refractivity contribution >= 4 is 0 Å². The predicted molar refractivity (Wildman–Crippen MR) is 76.1 cm³/mol. The van der Waals surface area contributed by atoms with Gasteiger partial charge in [-0.1, -0.05) is 38.1 Å². The molecule has 0 amide bonds. The van der Waals surface area contributed by atoms with Gasteiger partial charge in [-0.3, -0.25) is 0 Å². The summed E-state index contributed by atoms with van der Waals surface area (Å²) in [6, 6.07) is 7.59. The molecule has 0 radical (unpaired) electrons. The molecule has 0 aliphatic rings. The number of ether oxygens (including phenoxy) is 1. The van der Waals surface area contributed by atoms with Gasteiger partial charge in [-0.25, -0.2) is 0 Å². The Morgan fingerprint density at radius 3 is 2.29 bits per heavy atom. The highest BCUT2D eigenvalue weighted by Gasteiger charge is 2.25. The van der Waals surface area contributed by atoms with Crippen molar-refractivity contribution in [2.45, 2.75) is 45.4 Å². The summed E-state index contributed by atoms with van der Waals surface area (Å²) in [7, 11) is 0. The first kappa shape index (κ1) is 18.0. The van der Waals surface area contributed by atoms with Crippen LogP contribution in [-0.2, 0) is 11.2 Å². The third-order valence-corrected chi connectivity index (χ3v) is 3.03. The van der Waals surface area contributed by atoms with E-state index in [1.807, 2.05) is 24.3 Å². The van der Waals surface area contributed by atoms with Gasteiger partial charge in [-0.05, 0) is 29.9 Å². The van der Waals surface area contributed by atoms with E-state index in [4.69, 9.17) is 4.74 Å². The number of aliphatic hydroxyl groups excluding tert-OH is 1.